The number of hydrogen-bond acceptors (Lipinski definition) is 12. The topological polar surface area (TPSA) is 213 Å². The quantitative estimate of drug-likeness (QED) is 0.0629. The molecule has 0 bridgehead atoms. The van der Waals surface area contributed by atoms with Gasteiger partial charge in [-0.2, -0.15) is 0 Å². The fourth-order valence-electron chi connectivity index (χ4n) is 7.06. The van der Waals surface area contributed by atoms with Gasteiger partial charge in [0, 0.05) is 107 Å². The molecular weight excluding hydrogens is 938 g/mol. The minimum atomic E-state index is -4.18. The molecule has 1 atom stereocenters. The van der Waals surface area contributed by atoms with Gasteiger partial charge in [0.25, 0.3) is 15.9 Å². The number of anilines is 2. The van der Waals surface area contributed by atoms with Gasteiger partial charge in [0.15, 0.2) is 6.29 Å². The van der Waals surface area contributed by atoms with Crippen molar-refractivity contribution in [2.45, 2.75) is 74.3 Å². The average Bonchev–Trinajstić information content (AvgIpc) is 3.33. The van der Waals surface area contributed by atoms with E-state index >= 15 is 0 Å². The number of nitrogens with zero attached hydrogens (tertiary/aromatic N) is 4. The first-order valence-electron chi connectivity index (χ1n) is 20.7. The number of hydrogen-bond donors (Lipinski definition) is 4. The second-order valence-electron chi connectivity index (χ2n) is 14.8. The largest absolute Gasteiger partial charge is 0.685 e. The molecule has 3 aromatic carbocycles. The van der Waals surface area contributed by atoms with Crippen molar-refractivity contribution in [1.82, 2.24) is 20.3 Å². The van der Waals surface area contributed by atoms with Crippen molar-refractivity contribution < 1.29 is 78.9 Å². The summed E-state index contributed by atoms with van der Waals surface area (Å²) in [6, 6.07) is 15.8. The van der Waals surface area contributed by atoms with Crippen LogP contribution in [0.5, 0.6) is 0 Å². The molecule has 1 radical (unpaired) electrons. The van der Waals surface area contributed by atoms with Gasteiger partial charge in [-0.05, 0) is 99.5 Å². The molecule has 4 N–H and O–H groups in total. The van der Waals surface area contributed by atoms with Gasteiger partial charge in [0.1, 0.15) is 29.6 Å². The first kappa shape index (κ1) is 52.5. The Hall–Kier alpha value is -5.11. The molecule has 65 heavy (non-hydrogen) atoms. The molecule has 343 valence electrons. The van der Waals surface area contributed by atoms with E-state index in [4.69, 9.17) is 14.6 Å². The molecule has 2 fully saturated rings. The van der Waals surface area contributed by atoms with Crippen molar-refractivity contribution in [2.75, 3.05) is 44.5 Å². The molecule has 1 aliphatic heterocycles. The average molecular weight is 990 g/mol. The Kier molecular flexibility index (Phi) is 21.1. The molecular formula is C46H52F2N7O8SY-. The number of benzene rings is 3. The fraction of sp³-hybridized carbons (Fsp3) is 0.348. The molecule has 3 heterocycles. The van der Waals surface area contributed by atoms with E-state index in [0.717, 1.165) is 62.6 Å². The SMILES string of the molecule is CO.C[N-]c1cnccc1C(=O)Nc1ccc(CC(NC)C(=O)OC2CCCCC2)cc1.O=Cc1cc(F)c(NS(=O)(=O)c2ccc(-c3cnc(C4CCOCC4)nc3)cc2)cc1F.[Y]. The zero-order valence-corrected chi connectivity index (χ0v) is 40.0. The first-order chi connectivity index (χ1) is 31.0. The number of carbonyl (C=O) groups is 3. The second kappa shape index (κ2) is 26.1. The third kappa shape index (κ3) is 15.0. The molecule has 15 nitrogen and oxygen atoms in total. The molecule has 2 aromatic heterocycles. The Morgan fingerprint density at radius 3 is 2.18 bits per heavy atom. The summed E-state index contributed by atoms with van der Waals surface area (Å²) in [6.45, 7) is 1.38. The number of likely N-dealkylation sites (N-methyl/N-ethyl adjacent to an activating group) is 1. The van der Waals surface area contributed by atoms with Gasteiger partial charge in [-0.1, -0.05) is 30.7 Å². The minimum absolute atomic E-state index is 0. The molecule has 1 unspecified atom stereocenters. The van der Waals surface area contributed by atoms with Crippen molar-refractivity contribution in [1.29, 1.82) is 0 Å². The van der Waals surface area contributed by atoms with Gasteiger partial charge >= 0.3 is 5.97 Å². The maximum atomic E-state index is 14.0. The Bertz CT molecular complexity index is 2420. The molecule has 1 saturated heterocycles. The van der Waals surface area contributed by atoms with Crippen molar-refractivity contribution in [3.05, 3.63) is 131 Å². The Morgan fingerprint density at radius 2 is 1.57 bits per heavy atom. The maximum absolute atomic E-state index is 14.0. The van der Waals surface area contributed by atoms with Crippen LogP contribution in [-0.2, 0) is 63.4 Å². The third-order valence-corrected chi connectivity index (χ3v) is 12.0. The Balaban J connectivity index is 0.000000271. The molecule has 1 saturated carbocycles. The van der Waals surface area contributed by atoms with E-state index in [1.54, 1.807) is 57.1 Å². The number of ether oxygens (including phenoxy) is 2. The number of aldehydes is 1. The number of pyridine rings is 1. The van der Waals surface area contributed by atoms with E-state index in [1.807, 2.05) is 29.0 Å². The standard InChI is InChI=1S/C23H30N4O3.C22H19F2N3O4S.CH4O.Y/c1-24-20(23(29)30-18-6-4-3-5-7-18)14-16-8-10-17(11-9-16)27-22(28)19-12-13-26-15-21(19)25-2;23-19-10-21(20(24)9-16(19)13-28)27-32(29,30)18-3-1-14(2-4-18)17-11-25-22(26-12-17)15-5-7-31-8-6-15;1-2;/h8-13,15,18,20,24H,3-7,14H2,1-2H3,(H2,25,27,28);1-4,9-13,15,27H,5-8H2;2H,1H3;/p-1. The predicted octanol–water partition coefficient (Wildman–Crippen LogP) is 7.51. The van der Waals surface area contributed by atoms with Crippen molar-refractivity contribution in [2.24, 2.45) is 0 Å². The number of aliphatic hydroxyl groups excluding tert-OH is 1. The Morgan fingerprint density at radius 1 is 0.908 bits per heavy atom. The second-order valence-corrected chi connectivity index (χ2v) is 16.5. The molecule has 7 rings (SSSR count). The van der Waals surface area contributed by atoms with E-state index in [0.29, 0.717) is 54.3 Å². The molecule has 19 heteroatoms. The van der Waals surface area contributed by atoms with Crippen LogP contribution in [0.3, 0.4) is 0 Å². The van der Waals surface area contributed by atoms with E-state index < -0.39 is 39.0 Å². The zero-order valence-electron chi connectivity index (χ0n) is 36.4. The van der Waals surface area contributed by atoms with Crippen LogP contribution in [0.2, 0.25) is 0 Å². The fourth-order valence-corrected chi connectivity index (χ4v) is 8.12. The normalized spacial score (nSPS) is 14.4. The number of halogens is 2. The van der Waals surface area contributed by atoms with E-state index in [-0.39, 0.29) is 67.8 Å². The monoisotopic (exact) mass is 989 g/mol. The van der Waals surface area contributed by atoms with Gasteiger partial charge in [-0.25, -0.2) is 27.2 Å². The van der Waals surface area contributed by atoms with Crippen LogP contribution in [0.15, 0.2) is 96.4 Å². The summed E-state index contributed by atoms with van der Waals surface area (Å²) in [4.78, 5) is 48.4. The molecule has 2 aliphatic rings. The number of amides is 1. The van der Waals surface area contributed by atoms with Gasteiger partial charge in [0.05, 0.1) is 16.1 Å². The summed E-state index contributed by atoms with van der Waals surface area (Å²) in [5.74, 6) is -1.50. The van der Waals surface area contributed by atoms with E-state index in [1.165, 1.54) is 18.6 Å². The summed E-state index contributed by atoms with van der Waals surface area (Å²) >= 11 is 0. The van der Waals surface area contributed by atoms with E-state index in [9.17, 15) is 31.6 Å². The van der Waals surface area contributed by atoms with Crippen LogP contribution >= 0.6 is 0 Å². The van der Waals surface area contributed by atoms with Crippen molar-refractivity contribution >= 4 is 45.2 Å². The summed E-state index contributed by atoms with van der Waals surface area (Å²) in [5, 5.41) is 17.0. The summed E-state index contributed by atoms with van der Waals surface area (Å²) < 4.78 is 66.0. The number of esters is 1. The summed E-state index contributed by atoms with van der Waals surface area (Å²) in [7, 11) is 0.215. The molecule has 5 aromatic rings. The zero-order chi connectivity index (χ0) is 46.1. The first-order valence-corrected chi connectivity index (χ1v) is 22.2. The maximum Gasteiger partial charge on any atom is 0.323 e. The van der Waals surface area contributed by atoms with E-state index in [2.05, 4.69) is 30.9 Å². The third-order valence-electron chi connectivity index (χ3n) is 10.6. The number of carbonyl (C=O) groups excluding carboxylic acids is 3. The van der Waals surface area contributed by atoms with Gasteiger partial charge in [-0.3, -0.25) is 24.1 Å². The van der Waals surface area contributed by atoms with Crippen LogP contribution in [0.4, 0.5) is 25.8 Å². The van der Waals surface area contributed by atoms with Crippen LogP contribution < -0.4 is 15.4 Å². The summed E-state index contributed by atoms with van der Waals surface area (Å²) in [6.07, 6.45) is 14.4. The Labute approximate surface area is 402 Å². The minimum Gasteiger partial charge on any atom is -0.685 e. The number of rotatable bonds is 14. The van der Waals surface area contributed by atoms with Crippen LogP contribution in [0.25, 0.3) is 16.4 Å². The number of nitrogens with one attached hydrogen (secondary N) is 3. The van der Waals surface area contributed by atoms with Gasteiger partial charge < -0.3 is 30.5 Å². The smallest absolute Gasteiger partial charge is 0.323 e. The van der Waals surface area contributed by atoms with Crippen LogP contribution in [0, 0.1) is 11.6 Å². The number of aromatic nitrogens is 3. The molecule has 1 amide bonds. The van der Waals surface area contributed by atoms with Crippen molar-refractivity contribution in [3.63, 3.8) is 0 Å². The summed E-state index contributed by atoms with van der Waals surface area (Å²) in [5.41, 5.74) is 3.01. The molecule has 0 spiro atoms. The number of aliphatic hydroxyl groups is 1. The van der Waals surface area contributed by atoms with Crippen LogP contribution in [0.1, 0.15) is 83.0 Å². The predicted molar refractivity (Wildman–Crippen MR) is 238 cm³/mol. The molecule has 1 aliphatic carbocycles. The van der Waals surface area contributed by atoms with Gasteiger partial charge in [-0.15, -0.1) is 12.7 Å². The van der Waals surface area contributed by atoms with Gasteiger partial charge in [0.2, 0.25) is 0 Å². The number of sulfonamides is 1. The van der Waals surface area contributed by atoms with Crippen molar-refractivity contribution in [3.8, 4) is 11.1 Å². The van der Waals surface area contributed by atoms with Crippen LogP contribution in [-0.4, -0.2) is 93.2 Å².